The van der Waals surface area contributed by atoms with Crippen LogP contribution in [0.15, 0.2) is 12.1 Å². The predicted octanol–water partition coefficient (Wildman–Crippen LogP) is 2.48. The van der Waals surface area contributed by atoms with Gasteiger partial charge in [-0.15, -0.1) is 0 Å². The number of hydrogen-bond acceptors (Lipinski definition) is 4. The lowest BCUT2D eigenvalue weighted by molar-refractivity contribution is 0.0888. The third-order valence-electron chi connectivity index (χ3n) is 4.06. The lowest BCUT2D eigenvalue weighted by atomic mass is 9.93. The van der Waals surface area contributed by atoms with Crippen molar-refractivity contribution in [1.29, 1.82) is 0 Å². The molecular weight excluding hydrogens is 256 g/mol. The van der Waals surface area contributed by atoms with Crippen LogP contribution in [-0.4, -0.2) is 31.0 Å². The maximum Gasteiger partial charge on any atom is 0.125 e. The zero-order valence-electron chi connectivity index (χ0n) is 12.1. The fourth-order valence-electron chi connectivity index (χ4n) is 3.02. The molecule has 1 saturated heterocycles. The van der Waals surface area contributed by atoms with Gasteiger partial charge in [-0.3, -0.25) is 0 Å². The summed E-state index contributed by atoms with van der Waals surface area (Å²) in [5.74, 6) is 1.81. The number of rotatable bonds is 4. The van der Waals surface area contributed by atoms with Gasteiger partial charge in [-0.05, 0) is 32.4 Å². The molecule has 4 nitrogen and oxygen atoms in total. The van der Waals surface area contributed by atoms with Crippen molar-refractivity contribution in [2.24, 2.45) is 5.92 Å². The highest BCUT2D eigenvalue weighted by Gasteiger charge is 2.30. The van der Waals surface area contributed by atoms with Crippen molar-refractivity contribution in [3.05, 3.63) is 23.3 Å². The summed E-state index contributed by atoms with van der Waals surface area (Å²) in [5.41, 5.74) is 2.00. The number of aliphatic hydroxyl groups is 1. The summed E-state index contributed by atoms with van der Waals surface area (Å²) in [7, 11) is 0. The standard InChI is InChI=1S/C16H22O4/c1-3-19-15-7-12-6-10(2)20-14(12)8-13(15)16(17)11-4-5-18-9-11/h7-8,10-11,16-17H,3-6,9H2,1-2H3. The Balaban J connectivity index is 1.93. The Hall–Kier alpha value is -1.26. The van der Waals surface area contributed by atoms with Crippen LogP contribution in [0.1, 0.15) is 37.5 Å². The van der Waals surface area contributed by atoms with Crippen molar-refractivity contribution in [1.82, 2.24) is 0 Å². The Morgan fingerprint density at radius 3 is 3.00 bits per heavy atom. The summed E-state index contributed by atoms with van der Waals surface area (Å²) in [6.07, 6.45) is 1.44. The smallest absolute Gasteiger partial charge is 0.125 e. The molecule has 1 N–H and O–H groups in total. The number of hydrogen-bond donors (Lipinski definition) is 1. The van der Waals surface area contributed by atoms with E-state index in [4.69, 9.17) is 14.2 Å². The average molecular weight is 278 g/mol. The van der Waals surface area contributed by atoms with Gasteiger partial charge in [-0.2, -0.15) is 0 Å². The molecule has 0 amide bonds. The molecule has 20 heavy (non-hydrogen) atoms. The van der Waals surface area contributed by atoms with E-state index in [1.54, 1.807) is 0 Å². The van der Waals surface area contributed by atoms with Gasteiger partial charge in [0.1, 0.15) is 17.6 Å². The number of benzene rings is 1. The third-order valence-corrected chi connectivity index (χ3v) is 4.06. The SMILES string of the molecule is CCOc1cc2c(cc1C(O)C1CCOC1)OC(C)C2. The molecule has 3 unspecified atom stereocenters. The summed E-state index contributed by atoms with van der Waals surface area (Å²) in [5, 5.41) is 10.6. The molecule has 2 aliphatic heterocycles. The van der Waals surface area contributed by atoms with Gasteiger partial charge in [0, 0.05) is 30.1 Å². The van der Waals surface area contributed by atoms with Crippen LogP contribution in [0.5, 0.6) is 11.5 Å². The molecule has 1 aromatic carbocycles. The highest BCUT2D eigenvalue weighted by Crippen LogP contribution is 2.40. The first-order valence-electron chi connectivity index (χ1n) is 7.41. The molecule has 110 valence electrons. The largest absolute Gasteiger partial charge is 0.493 e. The van der Waals surface area contributed by atoms with E-state index in [0.717, 1.165) is 36.5 Å². The fourth-order valence-corrected chi connectivity index (χ4v) is 3.02. The summed E-state index contributed by atoms with van der Waals surface area (Å²) < 4.78 is 16.9. The normalized spacial score (nSPS) is 26.1. The van der Waals surface area contributed by atoms with E-state index in [-0.39, 0.29) is 12.0 Å². The summed E-state index contributed by atoms with van der Waals surface area (Å²) in [4.78, 5) is 0. The second-order valence-electron chi connectivity index (χ2n) is 5.63. The van der Waals surface area contributed by atoms with Crippen molar-refractivity contribution in [2.75, 3.05) is 19.8 Å². The lowest BCUT2D eigenvalue weighted by Crippen LogP contribution is -2.14. The molecule has 0 aromatic heterocycles. The van der Waals surface area contributed by atoms with Gasteiger partial charge < -0.3 is 19.3 Å². The molecule has 0 radical (unpaired) electrons. The van der Waals surface area contributed by atoms with Gasteiger partial charge in [0.15, 0.2) is 0 Å². The molecule has 3 rings (SSSR count). The first kappa shape index (κ1) is 13.7. The van der Waals surface area contributed by atoms with Gasteiger partial charge in [0.25, 0.3) is 0 Å². The van der Waals surface area contributed by atoms with Crippen LogP contribution in [0.25, 0.3) is 0 Å². The Bertz CT molecular complexity index is 480. The molecule has 0 aliphatic carbocycles. The molecule has 0 spiro atoms. The molecule has 1 aromatic rings. The van der Waals surface area contributed by atoms with Crippen molar-refractivity contribution in [3.8, 4) is 11.5 Å². The van der Waals surface area contributed by atoms with Gasteiger partial charge in [-0.25, -0.2) is 0 Å². The minimum atomic E-state index is -0.552. The maximum absolute atomic E-state index is 10.6. The van der Waals surface area contributed by atoms with E-state index in [1.807, 2.05) is 19.1 Å². The van der Waals surface area contributed by atoms with E-state index in [1.165, 1.54) is 5.56 Å². The third kappa shape index (κ3) is 2.50. The summed E-state index contributed by atoms with van der Waals surface area (Å²) in [6.45, 7) is 5.95. The zero-order chi connectivity index (χ0) is 14.1. The molecule has 1 fully saturated rings. The zero-order valence-corrected chi connectivity index (χ0v) is 12.1. The highest BCUT2D eigenvalue weighted by molar-refractivity contribution is 5.49. The second kappa shape index (κ2) is 5.62. The van der Waals surface area contributed by atoms with Crippen LogP contribution in [0.3, 0.4) is 0 Å². The molecule has 3 atom stereocenters. The monoisotopic (exact) mass is 278 g/mol. The quantitative estimate of drug-likeness (QED) is 0.919. The second-order valence-corrected chi connectivity index (χ2v) is 5.63. The van der Waals surface area contributed by atoms with Crippen molar-refractivity contribution in [3.63, 3.8) is 0 Å². The minimum absolute atomic E-state index is 0.145. The first-order valence-corrected chi connectivity index (χ1v) is 7.41. The van der Waals surface area contributed by atoms with Crippen LogP contribution in [-0.2, 0) is 11.2 Å². The van der Waals surface area contributed by atoms with Crippen molar-refractivity contribution >= 4 is 0 Å². The predicted molar refractivity (Wildman–Crippen MR) is 75.3 cm³/mol. The molecule has 2 aliphatic rings. The molecule has 0 bridgehead atoms. The Labute approximate surface area is 119 Å². The molecule has 0 saturated carbocycles. The summed E-state index contributed by atoms with van der Waals surface area (Å²) >= 11 is 0. The number of aliphatic hydroxyl groups excluding tert-OH is 1. The van der Waals surface area contributed by atoms with Crippen LogP contribution in [0.4, 0.5) is 0 Å². The lowest BCUT2D eigenvalue weighted by Gasteiger charge is -2.21. The minimum Gasteiger partial charge on any atom is -0.493 e. The van der Waals surface area contributed by atoms with Gasteiger partial charge in [-0.1, -0.05) is 0 Å². The van der Waals surface area contributed by atoms with E-state index >= 15 is 0 Å². The van der Waals surface area contributed by atoms with Crippen LogP contribution < -0.4 is 9.47 Å². The van der Waals surface area contributed by atoms with Crippen LogP contribution in [0, 0.1) is 5.92 Å². The molecule has 2 heterocycles. The van der Waals surface area contributed by atoms with Gasteiger partial charge in [0.05, 0.1) is 19.3 Å². The van der Waals surface area contributed by atoms with Crippen LogP contribution >= 0.6 is 0 Å². The van der Waals surface area contributed by atoms with E-state index in [0.29, 0.717) is 13.2 Å². The highest BCUT2D eigenvalue weighted by atomic mass is 16.5. The Kier molecular flexibility index (Phi) is 3.85. The maximum atomic E-state index is 10.6. The topological polar surface area (TPSA) is 47.9 Å². The number of ether oxygens (including phenoxy) is 3. The van der Waals surface area contributed by atoms with E-state index in [9.17, 15) is 5.11 Å². The molecular formula is C16H22O4. The Morgan fingerprint density at radius 2 is 2.30 bits per heavy atom. The average Bonchev–Trinajstić information content (AvgIpc) is 3.05. The van der Waals surface area contributed by atoms with Gasteiger partial charge in [0.2, 0.25) is 0 Å². The van der Waals surface area contributed by atoms with Crippen molar-refractivity contribution in [2.45, 2.75) is 38.9 Å². The van der Waals surface area contributed by atoms with Crippen molar-refractivity contribution < 1.29 is 19.3 Å². The van der Waals surface area contributed by atoms with E-state index < -0.39 is 6.10 Å². The summed E-state index contributed by atoms with van der Waals surface area (Å²) in [6, 6.07) is 3.98. The Morgan fingerprint density at radius 1 is 1.45 bits per heavy atom. The van der Waals surface area contributed by atoms with Gasteiger partial charge >= 0.3 is 0 Å². The fraction of sp³-hybridized carbons (Fsp3) is 0.625. The molecule has 4 heteroatoms. The first-order chi connectivity index (χ1) is 9.69. The number of fused-ring (bicyclic) bond motifs is 1. The van der Waals surface area contributed by atoms with Crippen LogP contribution in [0.2, 0.25) is 0 Å². The van der Waals surface area contributed by atoms with E-state index in [2.05, 4.69) is 6.92 Å².